The van der Waals surface area contributed by atoms with Gasteiger partial charge in [0.1, 0.15) is 5.52 Å². The first-order valence-corrected chi connectivity index (χ1v) is 7.62. The number of rotatable bonds is 5. The molecule has 0 unspecified atom stereocenters. The average molecular weight is 273 g/mol. The van der Waals surface area contributed by atoms with Gasteiger partial charge in [-0.05, 0) is 44.3 Å². The Kier molecular flexibility index (Phi) is 4.16. The number of nitrogens with zero attached hydrogens (tertiary/aromatic N) is 4. The normalized spacial score (nSPS) is 16.9. The lowest BCUT2D eigenvalue weighted by molar-refractivity contribution is 0.382. The van der Waals surface area contributed by atoms with E-state index in [4.69, 9.17) is 0 Å². The van der Waals surface area contributed by atoms with Crippen molar-refractivity contribution in [3.8, 4) is 0 Å². The van der Waals surface area contributed by atoms with Crippen LogP contribution in [0, 0.1) is 5.92 Å². The van der Waals surface area contributed by atoms with Crippen molar-refractivity contribution in [2.24, 2.45) is 5.92 Å². The number of hydrogen-bond acceptors (Lipinski definition) is 4. The third-order valence-electron chi connectivity index (χ3n) is 4.08. The van der Waals surface area contributed by atoms with Crippen LogP contribution >= 0.6 is 0 Å². The molecule has 3 rings (SSSR count). The minimum absolute atomic E-state index is 0.808. The highest BCUT2D eigenvalue weighted by molar-refractivity contribution is 5.68. The van der Waals surface area contributed by atoms with Crippen LogP contribution in [0.1, 0.15) is 26.2 Å². The van der Waals surface area contributed by atoms with Crippen LogP contribution in [-0.2, 0) is 0 Å². The molecule has 1 N–H and O–H groups in total. The Morgan fingerprint density at radius 1 is 1.30 bits per heavy atom. The average Bonchev–Trinajstić information content (AvgIpc) is 2.97. The van der Waals surface area contributed by atoms with Crippen molar-refractivity contribution in [1.82, 2.24) is 19.9 Å². The van der Waals surface area contributed by atoms with Gasteiger partial charge in [0.15, 0.2) is 5.82 Å². The van der Waals surface area contributed by atoms with Crippen LogP contribution in [0.5, 0.6) is 0 Å². The van der Waals surface area contributed by atoms with Gasteiger partial charge in [0, 0.05) is 25.5 Å². The second-order valence-corrected chi connectivity index (χ2v) is 5.55. The molecule has 0 radical (unpaired) electrons. The molecule has 0 saturated carbocycles. The standard InChI is InChI=1S/C15H23N5/c1-2-6-16-12-13-4-9-19(10-5-13)15-14-3-7-18-20(14)11-8-17-15/h3,7-8,11,13,16H,2,4-6,9-10,12H2,1H3. The lowest BCUT2D eigenvalue weighted by atomic mass is 9.96. The van der Waals surface area contributed by atoms with Crippen LogP contribution in [0.15, 0.2) is 24.7 Å². The highest BCUT2D eigenvalue weighted by atomic mass is 15.3. The number of piperidine rings is 1. The summed E-state index contributed by atoms with van der Waals surface area (Å²) < 4.78 is 1.90. The number of nitrogens with one attached hydrogen (secondary N) is 1. The predicted octanol–water partition coefficient (Wildman–Crippen LogP) is 1.95. The molecule has 1 saturated heterocycles. The molecule has 0 bridgehead atoms. The number of fused-ring (bicyclic) bond motifs is 1. The maximum atomic E-state index is 4.55. The van der Waals surface area contributed by atoms with Gasteiger partial charge >= 0.3 is 0 Å². The van der Waals surface area contributed by atoms with E-state index in [2.05, 4.69) is 27.2 Å². The second kappa shape index (κ2) is 6.22. The molecule has 1 fully saturated rings. The van der Waals surface area contributed by atoms with Gasteiger partial charge in [0.25, 0.3) is 0 Å². The molecular weight excluding hydrogens is 250 g/mol. The van der Waals surface area contributed by atoms with Crippen molar-refractivity contribution < 1.29 is 0 Å². The van der Waals surface area contributed by atoms with Gasteiger partial charge in [-0.3, -0.25) is 0 Å². The zero-order valence-electron chi connectivity index (χ0n) is 12.1. The minimum Gasteiger partial charge on any atom is -0.355 e. The SMILES string of the molecule is CCCNCC1CCN(c2nccn3nccc23)CC1. The third-order valence-corrected chi connectivity index (χ3v) is 4.08. The summed E-state index contributed by atoms with van der Waals surface area (Å²) >= 11 is 0. The Bertz CT molecular complexity index is 542. The maximum Gasteiger partial charge on any atom is 0.154 e. The Hall–Kier alpha value is -1.62. The highest BCUT2D eigenvalue weighted by Gasteiger charge is 2.21. The van der Waals surface area contributed by atoms with E-state index in [-0.39, 0.29) is 0 Å². The molecule has 5 nitrogen and oxygen atoms in total. The summed E-state index contributed by atoms with van der Waals surface area (Å²) in [7, 11) is 0. The van der Waals surface area contributed by atoms with Crippen molar-refractivity contribution in [1.29, 1.82) is 0 Å². The Labute approximate surface area is 120 Å². The summed E-state index contributed by atoms with van der Waals surface area (Å²) in [5, 5.41) is 7.82. The van der Waals surface area contributed by atoms with Crippen molar-refractivity contribution in [3.63, 3.8) is 0 Å². The fraction of sp³-hybridized carbons (Fsp3) is 0.600. The van der Waals surface area contributed by atoms with Crippen LogP contribution in [0.25, 0.3) is 5.52 Å². The summed E-state index contributed by atoms with van der Waals surface area (Å²) in [6.07, 6.45) is 9.28. The van der Waals surface area contributed by atoms with Crippen LogP contribution in [-0.4, -0.2) is 40.8 Å². The third kappa shape index (κ3) is 2.77. The summed E-state index contributed by atoms with van der Waals surface area (Å²) in [4.78, 5) is 6.95. The molecule has 108 valence electrons. The number of aromatic nitrogens is 3. The molecule has 0 amide bonds. The molecule has 1 aliphatic rings. The van der Waals surface area contributed by atoms with E-state index in [1.165, 1.54) is 19.3 Å². The largest absolute Gasteiger partial charge is 0.355 e. The molecule has 1 aliphatic heterocycles. The van der Waals surface area contributed by atoms with Crippen LogP contribution in [0.3, 0.4) is 0 Å². The first kappa shape index (κ1) is 13.4. The van der Waals surface area contributed by atoms with Gasteiger partial charge in [0.05, 0.1) is 6.20 Å². The van der Waals surface area contributed by atoms with E-state index < -0.39 is 0 Å². The monoisotopic (exact) mass is 273 g/mol. The molecule has 2 aromatic heterocycles. The van der Waals surface area contributed by atoms with Crippen molar-refractivity contribution in [2.75, 3.05) is 31.1 Å². The van der Waals surface area contributed by atoms with E-state index >= 15 is 0 Å². The molecule has 0 aromatic carbocycles. The zero-order valence-corrected chi connectivity index (χ0v) is 12.1. The van der Waals surface area contributed by atoms with Gasteiger partial charge in [-0.15, -0.1) is 0 Å². The Morgan fingerprint density at radius 2 is 2.15 bits per heavy atom. The Balaban J connectivity index is 1.62. The Morgan fingerprint density at radius 3 is 2.95 bits per heavy atom. The minimum atomic E-state index is 0.808. The van der Waals surface area contributed by atoms with E-state index in [9.17, 15) is 0 Å². The highest BCUT2D eigenvalue weighted by Crippen LogP contribution is 2.24. The van der Waals surface area contributed by atoms with Crippen LogP contribution in [0.4, 0.5) is 5.82 Å². The van der Waals surface area contributed by atoms with Crippen molar-refractivity contribution >= 4 is 11.3 Å². The lowest BCUT2D eigenvalue weighted by Crippen LogP contribution is -2.38. The predicted molar refractivity (Wildman–Crippen MR) is 81.1 cm³/mol. The fourth-order valence-corrected chi connectivity index (χ4v) is 2.92. The van der Waals surface area contributed by atoms with E-state index in [1.54, 1.807) is 0 Å². The number of anilines is 1. The second-order valence-electron chi connectivity index (χ2n) is 5.55. The summed E-state index contributed by atoms with van der Waals surface area (Å²) in [6, 6.07) is 2.04. The van der Waals surface area contributed by atoms with Crippen LogP contribution in [0.2, 0.25) is 0 Å². The van der Waals surface area contributed by atoms with Gasteiger partial charge < -0.3 is 10.2 Å². The first-order chi connectivity index (χ1) is 9.88. The smallest absolute Gasteiger partial charge is 0.154 e. The quantitative estimate of drug-likeness (QED) is 0.846. The van der Waals surface area contributed by atoms with Gasteiger partial charge in [0.2, 0.25) is 0 Å². The number of hydrogen-bond donors (Lipinski definition) is 1. The topological polar surface area (TPSA) is 45.5 Å². The molecule has 20 heavy (non-hydrogen) atoms. The van der Waals surface area contributed by atoms with Gasteiger partial charge in [-0.2, -0.15) is 5.10 Å². The first-order valence-electron chi connectivity index (χ1n) is 7.62. The molecule has 2 aromatic rings. The van der Waals surface area contributed by atoms with Gasteiger partial charge in [-0.1, -0.05) is 6.92 Å². The molecule has 3 heterocycles. The molecule has 0 spiro atoms. The van der Waals surface area contributed by atoms with Crippen molar-refractivity contribution in [2.45, 2.75) is 26.2 Å². The zero-order chi connectivity index (χ0) is 13.8. The summed E-state index contributed by atoms with van der Waals surface area (Å²) in [5.74, 6) is 1.88. The fourth-order valence-electron chi connectivity index (χ4n) is 2.92. The van der Waals surface area contributed by atoms with E-state index in [0.717, 1.165) is 43.4 Å². The summed E-state index contributed by atoms with van der Waals surface area (Å²) in [6.45, 7) is 6.70. The summed E-state index contributed by atoms with van der Waals surface area (Å²) in [5.41, 5.74) is 1.11. The van der Waals surface area contributed by atoms with Crippen molar-refractivity contribution in [3.05, 3.63) is 24.7 Å². The molecule has 0 atom stereocenters. The van der Waals surface area contributed by atoms with Crippen LogP contribution < -0.4 is 10.2 Å². The van der Waals surface area contributed by atoms with E-state index in [0.29, 0.717) is 0 Å². The maximum absolute atomic E-state index is 4.55. The molecule has 0 aliphatic carbocycles. The van der Waals surface area contributed by atoms with E-state index in [1.807, 2.05) is 29.2 Å². The molecular formula is C15H23N5. The van der Waals surface area contributed by atoms with Gasteiger partial charge in [-0.25, -0.2) is 9.50 Å². The molecule has 5 heteroatoms. The lowest BCUT2D eigenvalue weighted by Gasteiger charge is -2.33.